The largest absolute Gasteiger partial charge is 0.490 e. The third-order valence-electron chi connectivity index (χ3n) is 2.10. The molecule has 0 bridgehead atoms. The Balaban J connectivity index is 2.53. The first-order valence-corrected chi connectivity index (χ1v) is 5.13. The fourth-order valence-corrected chi connectivity index (χ4v) is 1.31. The number of benzene rings is 1. The quantitative estimate of drug-likeness (QED) is 0.728. The molecule has 0 spiro atoms. The molecule has 0 saturated heterocycles. The molecule has 1 atom stereocenters. The van der Waals surface area contributed by atoms with Gasteiger partial charge in [-0.05, 0) is 18.6 Å². The molecule has 0 aromatic heterocycles. The van der Waals surface area contributed by atoms with E-state index in [0.29, 0.717) is 17.7 Å². The second-order valence-corrected chi connectivity index (χ2v) is 3.41. The molecule has 0 amide bonds. The summed E-state index contributed by atoms with van der Waals surface area (Å²) in [4.78, 5) is 10.7. The first-order chi connectivity index (χ1) is 7.27. The Labute approximate surface area is 89.7 Å². The van der Waals surface area contributed by atoms with Gasteiger partial charge in [0, 0.05) is 0 Å². The van der Waals surface area contributed by atoms with Gasteiger partial charge < -0.3 is 9.84 Å². The predicted octanol–water partition coefficient (Wildman–Crippen LogP) is 2.04. The molecule has 3 nitrogen and oxygen atoms in total. The first kappa shape index (κ1) is 11.7. The minimum atomic E-state index is -0.463. The molecule has 0 heterocycles. The average molecular weight is 208 g/mol. The van der Waals surface area contributed by atoms with Crippen molar-refractivity contribution in [2.75, 3.05) is 6.61 Å². The standard InChI is InChI=1S/C12H16O3/c1-2-5-11(14)9-15-12-7-4-3-6-10(12)8-13/h3-4,6-8,11,14H,2,5,9H2,1H3. The third kappa shape index (κ3) is 3.72. The summed E-state index contributed by atoms with van der Waals surface area (Å²) in [6.45, 7) is 2.24. The van der Waals surface area contributed by atoms with Gasteiger partial charge in [0.15, 0.2) is 6.29 Å². The van der Waals surface area contributed by atoms with Gasteiger partial charge in [-0.1, -0.05) is 25.5 Å². The van der Waals surface area contributed by atoms with E-state index in [2.05, 4.69) is 0 Å². The maximum atomic E-state index is 10.7. The molecule has 0 saturated carbocycles. The molecule has 0 aliphatic heterocycles. The lowest BCUT2D eigenvalue weighted by molar-refractivity contribution is 0.0973. The van der Waals surface area contributed by atoms with Crippen LogP contribution in [-0.2, 0) is 0 Å². The van der Waals surface area contributed by atoms with Crippen molar-refractivity contribution in [2.45, 2.75) is 25.9 Å². The molecular weight excluding hydrogens is 192 g/mol. The van der Waals surface area contributed by atoms with E-state index in [9.17, 15) is 9.90 Å². The van der Waals surface area contributed by atoms with E-state index in [4.69, 9.17) is 4.74 Å². The second kappa shape index (κ2) is 6.19. The van der Waals surface area contributed by atoms with Crippen molar-refractivity contribution in [1.82, 2.24) is 0 Å². The molecule has 1 N–H and O–H groups in total. The van der Waals surface area contributed by atoms with Crippen molar-refractivity contribution in [3.05, 3.63) is 29.8 Å². The molecule has 15 heavy (non-hydrogen) atoms. The number of aliphatic hydroxyl groups is 1. The van der Waals surface area contributed by atoms with Crippen LogP contribution in [0.5, 0.6) is 5.75 Å². The monoisotopic (exact) mass is 208 g/mol. The predicted molar refractivity (Wildman–Crippen MR) is 58.2 cm³/mol. The van der Waals surface area contributed by atoms with E-state index in [1.165, 1.54) is 0 Å². The molecular formula is C12H16O3. The number of para-hydroxylation sites is 1. The first-order valence-electron chi connectivity index (χ1n) is 5.13. The summed E-state index contributed by atoms with van der Waals surface area (Å²) in [5, 5.41) is 9.46. The van der Waals surface area contributed by atoms with Crippen LogP contribution in [-0.4, -0.2) is 24.1 Å². The van der Waals surface area contributed by atoms with Crippen LogP contribution in [0.2, 0.25) is 0 Å². The van der Waals surface area contributed by atoms with Crippen LogP contribution in [0.1, 0.15) is 30.1 Å². The highest BCUT2D eigenvalue weighted by Crippen LogP contribution is 2.16. The van der Waals surface area contributed by atoms with Crippen LogP contribution >= 0.6 is 0 Å². The van der Waals surface area contributed by atoms with Crippen molar-refractivity contribution < 1.29 is 14.6 Å². The minimum Gasteiger partial charge on any atom is -0.490 e. The van der Waals surface area contributed by atoms with Crippen molar-refractivity contribution in [1.29, 1.82) is 0 Å². The second-order valence-electron chi connectivity index (χ2n) is 3.41. The molecule has 0 aliphatic carbocycles. The topological polar surface area (TPSA) is 46.5 Å². The lowest BCUT2D eigenvalue weighted by Crippen LogP contribution is -2.17. The van der Waals surface area contributed by atoms with Crippen LogP contribution in [0.3, 0.4) is 0 Å². The number of aldehydes is 1. The molecule has 82 valence electrons. The van der Waals surface area contributed by atoms with Gasteiger partial charge >= 0.3 is 0 Å². The van der Waals surface area contributed by atoms with Gasteiger partial charge in [-0.2, -0.15) is 0 Å². The number of carbonyl (C=O) groups is 1. The Morgan fingerprint density at radius 1 is 1.47 bits per heavy atom. The average Bonchev–Trinajstić information content (AvgIpc) is 2.27. The van der Waals surface area contributed by atoms with E-state index in [1.807, 2.05) is 6.92 Å². The summed E-state index contributed by atoms with van der Waals surface area (Å²) in [6.07, 6.45) is 1.92. The van der Waals surface area contributed by atoms with Gasteiger partial charge in [0.25, 0.3) is 0 Å². The number of carbonyl (C=O) groups excluding carboxylic acids is 1. The zero-order chi connectivity index (χ0) is 11.1. The third-order valence-corrected chi connectivity index (χ3v) is 2.10. The fourth-order valence-electron chi connectivity index (χ4n) is 1.31. The molecule has 0 radical (unpaired) electrons. The number of hydrogen-bond acceptors (Lipinski definition) is 3. The van der Waals surface area contributed by atoms with Gasteiger partial charge in [0.2, 0.25) is 0 Å². The summed E-state index contributed by atoms with van der Waals surface area (Å²) in [5.74, 6) is 0.530. The number of rotatable bonds is 6. The maximum Gasteiger partial charge on any atom is 0.153 e. The van der Waals surface area contributed by atoms with Crippen LogP contribution < -0.4 is 4.74 Å². The Kier molecular flexibility index (Phi) is 4.84. The van der Waals surface area contributed by atoms with Gasteiger partial charge in [0.05, 0.1) is 11.7 Å². The fraction of sp³-hybridized carbons (Fsp3) is 0.417. The smallest absolute Gasteiger partial charge is 0.153 e. The number of aliphatic hydroxyl groups excluding tert-OH is 1. The van der Waals surface area contributed by atoms with Crippen LogP contribution in [0, 0.1) is 0 Å². The SMILES string of the molecule is CCCC(O)COc1ccccc1C=O. The van der Waals surface area contributed by atoms with E-state index < -0.39 is 6.10 Å². The highest BCUT2D eigenvalue weighted by atomic mass is 16.5. The van der Waals surface area contributed by atoms with Gasteiger partial charge in [0.1, 0.15) is 12.4 Å². The number of hydrogen-bond donors (Lipinski definition) is 1. The van der Waals surface area contributed by atoms with Crippen molar-refractivity contribution in [2.24, 2.45) is 0 Å². The molecule has 1 aromatic rings. The van der Waals surface area contributed by atoms with E-state index in [1.54, 1.807) is 24.3 Å². The summed E-state index contributed by atoms with van der Waals surface area (Å²) in [7, 11) is 0. The summed E-state index contributed by atoms with van der Waals surface area (Å²) < 4.78 is 5.36. The molecule has 1 aromatic carbocycles. The minimum absolute atomic E-state index is 0.235. The Morgan fingerprint density at radius 2 is 2.20 bits per heavy atom. The van der Waals surface area contributed by atoms with E-state index >= 15 is 0 Å². The highest BCUT2D eigenvalue weighted by Gasteiger charge is 2.06. The highest BCUT2D eigenvalue weighted by molar-refractivity contribution is 5.79. The van der Waals surface area contributed by atoms with Crippen molar-refractivity contribution >= 4 is 6.29 Å². The summed E-state index contributed by atoms with van der Waals surface area (Å²) >= 11 is 0. The summed E-state index contributed by atoms with van der Waals surface area (Å²) in [6, 6.07) is 6.99. The Bertz CT molecular complexity index is 309. The molecule has 0 aliphatic rings. The zero-order valence-electron chi connectivity index (χ0n) is 8.85. The van der Waals surface area contributed by atoms with Crippen LogP contribution in [0.15, 0.2) is 24.3 Å². The molecule has 3 heteroatoms. The lowest BCUT2D eigenvalue weighted by atomic mass is 10.2. The normalized spacial score (nSPS) is 12.1. The summed E-state index contributed by atoms with van der Waals surface area (Å²) in [5.41, 5.74) is 0.515. The van der Waals surface area contributed by atoms with Gasteiger partial charge in [-0.3, -0.25) is 4.79 Å². The lowest BCUT2D eigenvalue weighted by Gasteiger charge is -2.12. The van der Waals surface area contributed by atoms with Crippen LogP contribution in [0.25, 0.3) is 0 Å². The molecule has 1 unspecified atom stereocenters. The van der Waals surface area contributed by atoms with Crippen molar-refractivity contribution in [3.63, 3.8) is 0 Å². The van der Waals surface area contributed by atoms with Crippen molar-refractivity contribution in [3.8, 4) is 5.75 Å². The van der Waals surface area contributed by atoms with Gasteiger partial charge in [-0.25, -0.2) is 0 Å². The Morgan fingerprint density at radius 3 is 2.87 bits per heavy atom. The van der Waals surface area contributed by atoms with Crippen LogP contribution in [0.4, 0.5) is 0 Å². The van der Waals surface area contributed by atoms with Gasteiger partial charge in [-0.15, -0.1) is 0 Å². The molecule has 0 fully saturated rings. The van der Waals surface area contributed by atoms with E-state index in [-0.39, 0.29) is 6.61 Å². The maximum absolute atomic E-state index is 10.7. The van der Waals surface area contributed by atoms with E-state index in [0.717, 1.165) is 12.7 Å². The number of ether oxygens (including phenoxy) is 1. The molecule has 1 rings (SSSR count). The zero-order valence-corrected chi connectivity index (χ0v) is 8.85. The Hall–Kier alpha value is -1.35.